The molecule has 0 aliphatic carbocycles. The summed E-state index contributed by atoms with van der Waals surface area (Å²) in [6, 6.07) is 0.00206. The normalized spacial score (nSPS) is 16.3. The van der Waals surface area contributed by atoms with Crippen LogP contribution in [0.5, 0.6) is 0 Å². The second-order valence-electron chi connectivity index (χ2n) is 13.2. The minimum atomic E-state index is -0.0658. The maximum Gasteiger partial charge on any atom is 0.315 e. The molecule has 5 atom stereocenters. The quantitative estimate of drug-likeness (QED) is 0.152. The molecule has 0 saturated heterocycles. The number of rotatable bonds is 20. The predicted octanol–water partition coefficient (Wildman–Crippen LogP) is 10.4. The van der Waals surface area contributed by atoms with Gasteiger partial charge >= 0.3 is 6.03 Å². The fraction of sp³-hybridized carbons (Fsp3) is 0.743. The molecule has 3 nitrogen and oxygen atoms in total. The largest absolute Gasteiger partial charge is 0.335 e. The zero-order chi connectivity index (χ0) is 29.4. The minimum absolute atomic E-state index is 0.0470. The Kier molecular flexibility index (Phi) is 17.6. The number of hydrogen-bond donors (Lipinski definition) is 2. The van der Waals surface area contributed by atoms with Gasteiger partial charge in [0.15, 0.2) is 0 Å². The van der Waals surface area contributed by atoms with Crippen LogP contribution in [0.15, 0.2) is 49.6 Å². The van der Waals surface area contributed by atoms with E-state index in [0.717, 1.165) is 69.8 Å². The maximum atomic E-state index is 13.5. The highest BCUT2D eigenvalue weighted by molar-refractivity contribution is 5.75. The van der Waals surface area contributed by atoms with Crippen molar-refractivity contribution < 1.29 is 4.79 Å². The summed E-state index contributed by atoms with van der Waals surface area (Å²) < 4.78 is 0. The van der Waals surface area contributed by atoms with Crippen molar-refractivity contribution in [3.8, 4) is 0 Å². The van der Waals surface area contributed by atoms with Gasteiger partial charge in [0.25, 0.3) is 0 Å². The van der Waals surface area contributed by atoms with Crippen LogP contribution in [-0.2, 0) is 0 Å². The highest BCUT2D eigenvalue weighted by Crippen LogP contribution is 2.36. The summed E-state index contributed by atoms with van der Waals surface area (Å²) in [5, 5.41) is 6.75. The van der Waals surface area contributed by atoms with Crippen LogP contribution in [0.25, 0.3) is 0 Å². The van der Waals surface area contributed by atoms with E-state index in [0.29, 0.717) is 17.8 Å². The molecule has 220 valence electrons. The van der Waals surface area contributed by atoms with Gasteiger partial charge in [-0.05, 0) is 92.8 Å². The van der Waals surface area contributed by atoms with E-state index in [1.165, 1.54) is 0 Å². The van der Waals surface area contributed by atoms with Crippen LogP contribution in [0, 0.1) is 28.6 Å². The van der Waals surface area contributed by atoms with E-state index in [-0.39, 0.29) is 28.9 Å². The molecular weight excluding hydrogens is 464 g/mol. The van der Waals surface area contributed by atoms with Gasteiger partial charge in [0.05, 0.1) is 6.04 Å². The van der Waals surface area contributed by atoms with E-state index in [4.69, 9.17) is 0 Å². The molecule has 0 aromatic rings. The third-order valence-corrected chi connectivity index (χ3v) is 8.71. The topological polar surface area (TPSA) is 41.1 Å². The Hall–Kier alpha value is -1.77. The molecule has 0 aromatic heterocycles. The summed E-state index contributed by atoms with van der Waals surface area (Å²) in [5.74, 6) is 1.27. The van der Waals surface area contributed by atoms with Crippen LogP contribution in [0.2, 0.25) is 0 Å². The van der Waals surface area contributed by atoms with Gasteiger partial charge in [0, 0.05) is 6.04 Å². The van der Waals surface area contributed by atoms with Crippen LogP contribution >= 0.6 is 0 Å². The number of allylic oxidation sites excluding steroid dienone is 4. The maximum absolute atomic E-state index is 13.5. The first-order valence-corrected chi connectivity index (χ1v) is 15.4. The lowest BCUT2D eigenvalue weighted by atomic mass is 9.74. The number of hydrogen-bond acceptors (Lipinski definition) is 1. The van der Waals surface area contributed by atoms with Crippen LogP contribution in [0.1, 0.15) is 127 Å². The lowest BCUT2D eigenvalue weighted by Crippen LogP contribution is -2.52. The molecule has 0 radical (unpaired) electrons. The van der Waals surface area contributed by atoms with Crippen molar-refractivity contribution in [3.05, 3.63) is 49.6 Å². The summed E-state index contributed by atoms with van der Waals surface area (Å²) in [4.78, 5) is 13.5. The SMILES string of the molecule is C=CCC[C@H](CCC(=C)C(NC(=O)NC(CC)C(C)(C)CC)C(CC/C=C\CC)CC(C)C=C)C(C)(C)C. The standard InChI is InChI=1S/C35H64N2O/c1-13-18-20-21-22-29(26-27(6)15-3)32(37-33(38)36-31(16-4)35(11,12)17-5)28(7)24-25-30(23-19-14-2)34(8,9)10/h14-15,18,20,27,29-32H,2-3,7,13,16-17,19,21-26H2,1,4-6,8-12H3,(H2,36,37,38)/b20-18-/t27?,29?,30-,31?,32?/m1/s1. The molecule has 3 heteroatoms. The zero-order valence-corrected chi connectivity index (χ0v) is 26.8. The Morgan fingerprint density at radius 3 is 2.08 bits per heavy atom. The highest BCUT2D eigenvalue weighted by Gasteiger charge is 2.31. The Labute approximate surface area is 238 Å². The van der Waals surface area contributed by atoms with Crippen LogP contribution in [0.4, 0.5) is 4.79 Å². The van der Waals surface area contributed by atoms with Crippen molar-refractivity contribution in [2.75, 3.05) is 0 Å². The molecule has 0 fully saturated rings. The van der Waals surface area contributed by atoms with Crippen molar-refractivity contribution in [3.63, 3.8) is 0 Å². The molecular formula is C35H64N2O. The molecule has 0 aliphatic rings. The number of amides is 2. The van der Waals surface area contributed by atoms with Crippen molar-refractivity contribution >= 4 is 6.03 Å². The van der Waals surface area contributed by atoms with Gasteiger partial charge in [-0.15, -0.1) is 13.2 Å². The van der Waals surface area contributed by atoms with Gasteiger partial charge in [-0.2, -0.15) is 0 Å². The van der Waals surface area contributed by atoms with E-state index < -0.39 is 0 Å². The second kappa shape index (κ2) is 18.5. The fourth-order valence-electron chi connectivity index (χ4n) is 5.42. The average Bonchev–Trinajstić information content (AvgIpc) is 2.86. The predicted molar refractivity (Wildman–Crippen MR) is 170 cm³/mol. The summed E-state index contributed by atoms with van der Waals surface area (Å²) in [6.45, 7) is 32.8. The fourth-order valence-corrected chi connectivity index (χ4v) is 5.42. The molecule has 0 saturated carbocycles. The van der Waals surface area contributed by atoms with Crippen LogP contribution < -0.4 is 10.6 Å². The molecule has 0 rings (SSSR count). The Balaban J connectivity index is 5.98. The third-order valence-electron chi connectivity index (χ3n) is 8.71. The molecule has 38 heavy (non-hydrogen) atoms. The Morgan fingerprint density at radius 2 is 1.58 bits per heavy atom. The second-order valence-corrected chi connectivity index (χ2v) is 13.2. The van der Waals surface area contributed by atoms with Crippen molar-refractivity contribution in [2.24, 2.45) is 28.6 Å². The van der Waals surface area contributed by atoms with Gasteiger partial charge in [0.1, 0.15) is 0 Å². The summed E-state index contributed by atoms with van der Waals surface area (Å²) in [7, 11) is 0. The molecule has 0 spiro atoms. The van der Waals surface area contributed by atoms with E-state index in [1.807, 2.05) is 12.2 Å². The molecule has 2 N–H and O–H groups in total. The first kappa shape index (κ1) is 36.2. The monoisotopic (exact) mass is 529 g/mol. The summed E-state index contributed by atoms with van der Waals surface area (Å²) in [5.41, 5.74) is 1.42. The molecule has 0 heterocycles. The van der Waals surface area contributed by atoms with E-state index >= 15 is 0 Å². The average molecular weight is 529 g/mol. The smallest absolute Gasteiger partial charge is 0.315 e. The van der Waals surface area contributed by atoms with Crippen molar-refractivity contribution in [1.82, 2.24) is 10.6 Å². The number of nitrogens with one attached hydrogen (secondary N) is 2. The van der Waals surface area contributed by atoms with Gasteiger partial charge in [-0.25, -0.2) is 4.79 Å². The number of urea groups is 1. The Bertz CT molecular complexity index is 727. The first-order chi connectivity index (χ1) is 17.8. The van der Waals surface area contributed by atoms with E-state index in [9.17, 15) is 4.79 Å². The Morgan fingerprint density at radius 1 is 0.921 bits per heavy atom. The van der Waals surface area contributed by atoms with Crippen LogP contribution in [0.3, 0.4) is 0 Å². The van der Waals surface area contributed by atoms with Crippen molar-refractivity contribution in [1.29, 1.82) is 0 Å². The van der Waals surface area contributed by atoms with E-state index in [2.05, 4.69) is 105 Å². The lowest BCUT2D eigenvalue weighted by molar-refractivity contribution is 0.194. The van der Waals surface area contributed by atoms with Gasteiger partial charge in [-0.3, -0.25) is 0 Å². The molecule has 0 aliphatic heterocycles. The molecule has 0 bridgehead atoms. The van der Waals surface area contributed by atoms with Gasteiger partial charge in [-0.1, -0.05) is 98.8 Å². The first-order valence-electron chi connectivity index (χ1n) is 15.4. The molecule has 4 unspecified atom stereocenters. The van der Waals surface area contributed by atoms with Crippen LogP contribution in [-0.4, -0.2) is 18.1 Å². The number of carbonyl (C=O) groups is 1. The van der Waals surface area contributed by atoms with E-state index in [1.54, 1.807) is 0 Å². The highest BCUT2D eigenvalue weighted by atomic mass is 16.2. The zero-order valence-electron chi connectivity index (χ0n) is 26.8. The third kappa shape index (κ3) is 13.9. The van der Waals surface area contributed by atoms with Crippen molar-refractivity contribution in [2.45, 2.75) is 139 Å². The van der Waals surface area contributed by atoms with Gasteiger partial charge in [0.2, 0.25) is 0 Å². The minimum Gasteiger partial charge on any atom is -0.335 e. The lowest BCUT2D eigenvalue weighted by Gasteiger charge is -2.36. The number of carbonyl (C=O) groups excluding carboxylic acids is 1. The van der Waals surface area contributed by atoms with Gasteiger partial charge < -0.3 is 10.6 Å². The molecule has 2 amide bonds. The summed E-state index contributed by atoms with van der Waals surface area (Å²) in [6.07, 6.45) is 18.8. The summed E-state index contributed by atoms with van der Waals surface area (Å²) >= 11 is 0. The molecule has 0 aromatic carbocycles.